The standard InChI is InChI=1S/C11H9NO3/c1-7-4-2-3-5-8(7)10-12-9(6-15-10)11(13)14/h2-6H,1H3,(H,13,14). The average Bonchev–Trinajstić information content (AvgIpc) is 2.67. The Morgan fingerprint density at radius 1 is 1.40 bits per heavy atom. The van der Waals surface area contributed by atoms with E-state index in [0.717, 1.165) is 17.4 Å². The Morgan fingerprint density at radius 2 is 2.13 bits per heavy atom. The maximum absolute atomic E-state index is 10.6. The van der Waals surface area contributed by atoms with Crippen LogP contribution in [-0.2, 0) is 0 Å². The van der Waals surface area contributed by atoms with Gasteiger partial charge in [-0.1, -0.05) is 18.2 Å². The van der Waals surface area contributed by atoms with Gasteiger partial charge in [0.05, 0.1) is 0 Å². The summed E-state index contributed by atoms with van der Waals surface area (Å²) in [4.78, 5) is 14.5. The van der Waals surface area contributed by atoms with Gasteiger partial charge in [-0.2, -0.15) is 0 Å². The molecule has 1 N–H and O–H groups in total. The number of rotatable bonds is 2. The summed E-state index contributed by atoms with van der Waals surface area (Å²) < 4.78 is 5.10. The number of aromatic nitrogens is 1. The van der Waals surface area contributed by atoms with E-state index in [1.165, 1.54) is 0 Å². The van der Waals surface area contributed by atoms with E-state index in [2.05, 4.69) is 4.98 Å². The highest BCUT2D eigenvalue weighted by molar-refractivity contribution is 5.85. The summed E-state index contributed by atoms with van der Waals surface area (Å²) in [5.74, 6) is -0.746. The van der Waals surface area contributed by atoms with Crippen LogP contribution in [0.1, 0.15) is 16.1 Å². The second-order valence-corrected chi connectivity index (χ2v) is 3.16. The summed E-state index contributed by atoms with van der Waals surface area (Å²) >= 11 is 0. The van der Waals surface area contributed by atoms with Crippen molar-refractivity contribution in [2.24, 2.45) is 0 Å². The van der Waals surface area contributed by atoms with Crippen molar-refractivity contribution < 1.29 is 14.3 Å². The van der Waals surface area contributed by atoms with Crippen molar-refractivity contribution in [1.82, 2.24) is 4.98 Å². The van der Waals surface area contributed by atoms with E-state index in [-0.39, 0.29) is 5.69 Å². The summed E-state index contributed by atoms with van der Waals surface area (Å²) in [5, 5.41) is 8.69. The quantitative estimate of drug-likeness (QED) is 0.813. The molecule has 4 heteroatoms. The minimum Gasteiger partial charge on any atom is -0.476 e. The smallest absolute Gasteiger partial charge is 0.357 e. The number of aromatic carboxylic acids is 1. The fourth-order valence-corrected chi connectivity index (χ4v) is 1.31. The van der Waals surface area contributed by atoms with Gasteiger partial charge in [-0.3, -0.25) is 0 Å². The molecule has 1 aromatic carbocycles. The molecule has 76 valence electrons. The molecule has 0 saturated heterocycles. The van der Waals surface area contributed by atoms with Gasteiger partial charge in [0.2, 0.25) is 5.89 Å². The third-order valence-corrected chi connectivity index (χ3v) is 2.10. The van der Waals surface area contributed by atoms with Crippen LogP contribution in [0.15, 0.2) is 34.9 Å². The number of benzene rings is 1. The summed E-state index contributed by atoms with van der Waals surface area (Å²) in [6, 6.07) is 7.51. The van der Waals surface area contributed by atoms with Crippen molar-refractivity contribution in [3.8, 4) is 11.5 Å². The number of carboxylic acids is 1. The summed E-state index contributed by atoms with van der Waals surface area (Å²) in [5.41, 5.74) is 1.73. The van der Waals surface area contributed by atoms with Crippen molar-refractivity contribution in [1.29, 1.82) is 0 Å². The number of nitrogens with zero attached hydrogens (tertiary/aromatic N) is 1. The lowest BCUT2D eigenvalue weighted by atomic mass is 10.1. The van der Waals surface area contributed by atoms with Gasteiger partial charge in [-0.15, -0.1) is 0 Å². The first-order valence-electron chi connectivity index (χ1n) is 4.43. The minimum absolute atomic E-state index is 0.0757. The van der Waals surface area contributed by atoms with Gasteiger partial charge in [0.25, 0.3) is 0 Å². The largest absolute Gasteiger partial charge is 0.476 e. The highest BCUT2D eigenvalue weighted by Crippen LogP contribution is 2.21. The molecule has 0 atom stereocenters. The van der Waals surface area contributed by atoms with Gasteiger partial charge in [0.15, 0.2) is 5.69 Å². The van der Waals surface area contributed by atoms with E-state index in [9.17, 15) is 4.79 Å². The molecule has 0 aliphatic heterocycles. The van der Waals surface area contributed by atoms with Crippen LogP contribution in [0.2, 0.25) is 0 Å². The van der Waals surface area contributed by atoms with Crippen LogP contribution >= 0.6 is 0 Å². The van der Waals surface area contributed by atoms with Gasteiger partial charge in [0.1, 0.15) is 6.26 Å². The third kappa shape index (κ3) is 1.74. The molecule has 2 rings (SSSR count). The molecule has 0 radical (unpaired) electrons. The van der Waals surface area contributed by atoms with E-state index < -0.39 is 5.97 Å². The number of carbonyl (C=O) groups is 1. The Hall–Kier alpha value is -2.10. The monoisotopic (exact) mass is 203 g/mol. The number of carboxylic acid groups (broad SMARTS) is 1. The second-order valence-electron chi connectivity index (χ2n) is 3.16. The normalized spacial score (nSPS) is 10.2. The predicted molar refractivity (Wildman–Crippen MR) is 53.6 cm³/mol. The first kappa shape index (κ1) is 9.45. The molecule has 15 heavy (non-hydrogen) atoms. The SMILES string of the molecule is Cc1ccccc1-c1nc(C(=O)O)co1. The number of hydrogen-bond donors (Lipinski definition) is 1. The van der Waals surface area contributed by atoms with E-state index in [1.807, 2.05) is 31.2 Å². The van der Waals surface area contributed by atoms with Crippen molar-refractivity contribution in [3.63, 3.8) is 0 Å². The molecule has 0 unspecified atom stereocenters. The number of aryl methyl sites for hydroxylation is 1. The van der Waals surface area contributed by atoms with Crippen LogP contribution in [0.4, 0.5) is 0 Å². The number of oxazole rings is 1. The van der Waals surface area contributed by atoms with Crippen LogP contribution < -0.4 is 0 Å². The lowest BCUT2D eigenvalue weighted by Crippen LogP contribution is -1.95. The molecule has 0 aliphatic carbocycles. The van der Waals surface area contributed by atoms with Crippen molar-refractivity contribution in [2.45, 2.75) is 6.92 Å². The maximum Gasteiger partial charge on any atom is 0.357 e. The molecule has 2 aromatic rings. The minimum atomic E-state index is -1.08. The van der Waals surface area contributed by atoms with Gasteiger partial charge < -0.3 is 9.52 Å². The van der Waals surface area contributed by atoms with E-state index in [4.69, 9.17) is 9.52 Å². The molecule has 0 spiro atoms. The zero-order valence-electron chi connectivity index (χ0n) is 8.10. The van der Waals surface area contributed by atoms with Crippen LogP contribution in [0.3, 0.4) is 0 Å². The lowest BCUT2D eigenvalue weighted by molar-refractivity contribution is 0.0690. The van der Waals surface area contributed by atoms with Gasteiger partial charge >= 0.3 is 5.97 Å². The Balaban J connectivity index is 2.46. The molecule has 0 amide bonds. The Labute approximate surface area is 86.2 Å². The molecular weight excluding hydrogens is 194 g/mol. The second kappa shape index (κ2) is 3.57. The lowest BCUT2D eigenvalue weighted by Gasteiger charge is -1.98. The first-order chi connectivity index (χ1) is 7.18. The highest BCUT2D eigenvalue weighted by atomic mass is 16.4. The van der Waals surface area contributed by atoms with Crippen LogP contribution in [0, 0.1) is 6.92 Å². The summed E-state index contributed by atoms with van der Waals surface area (Å²) in [6.07, 6.45) is 1.14. The zero-order chi connectivity index (χ0) is 10.8. The molecule has 0 bridgehead atoms. The van der Waals surface area contributed by atoms with Crippen molar-refractivity contribution in [2.75, 3.05) is 0 Å². The molecule has 1 heterocycles. The Morgan fingerprint density at radius 3 is 2.73 bits per heavy atom. The Bertz CT molecular complexity index is 502. The predicted octanol–water partition coefficient (Wildman–Crippen LogP) is 2.35. The highest BCUT2D eigenvalue weighted by Gasteiger charge is 2.12. The zero-order valence-corrected chi connectivity index (χ0v) is 8.10. The van der Waals surface area contributed by atoms with Gasteiger partial charge in [-0.25, -0.2) is 9.78 Å². The van der Waals surface area contributed by atoms with Crippen LogP contribution in [0.5, 0.6) is 0 Å². The van der Waals surface area contributed by atoms with E-state index in [0.29, 0.717) is 5.89 Å². The fourth-order valence-electron chi connectivity index (χ4n) is 1.31. The Kier molecular flexibility index (Phi) is 2.25. The molecule has 0 fully saturated rings. The molecule has 0 aliphatic rings. The summed E-state index contributed by atoms with van der Waals surface area (Å²) in [7, 11) is 0. The first-order valence-corrected chi connectivity index (χ1v) is 4.43. The summed E-state index contributed by atoms with van der Waals surface area (Å²) in [6.45, 7) is 1.92. The van der Waals surface area contributed by atoms with Gasteiger partial charge in [0, 0.05) is 5.56 Å². The van der Waals surface area contributed by atoms with E-state index >= 15 is 0 Å². The van der Waals surface area contributed by atoms with Crippen LogP contribution in [-0.4, -0.2) is 16.1 Å². The average molecular weight is 203 g/mol. The molecule has 1 aromatic heterocycles. The van der Waals surface area contributed by atoms with Crippen molar-refractivity contribution >= 4 is 5.97 Å². The maximum atomic E-state index is 10.6. The van der Waals surface area contributed by atoms with E-state index in [1.54, 1.807) is 0 Å². The molecule has 0 saturated carbocycles. The fraction of sp³-hybridized carbons (Fsp3) is 0.0909. The van der Waals surface area contributed by atoms with Gasteiger partial charge in [-0.05, 0) is 18.6 Å². The molecule has 4 nitrogen and oxygen atoms in total. The van der Waals surface area contributed by atoms with Crippen molar-refractivity contribution in [3.05, 3.63) is 41.8 Å². The number of hydrogen-bond acceptors (Lipinski definition) is 3. The van der Waals surface area contributed by atoms with Crippen LogP contribution in [0.25, 0.3) is 11.5 Å². The third-order valence-electron chi connectivity index (χ3n) is 2.10. The molecular formula is C11H9NO3. The topological polar surface area (TPSA) is 63.3 Å².